The molecule has 0 saturated heterocycles. The van der Waals surface area contributed by atoms with Gasteiger partial charge in [0.1, 0.15) is 11.4 Å². The Kier molecular flexibility index (Phi) is 5.29. The number of nitrogens with one attached hydrogen (secondary N) is 1. The largest absolute Gasteiger partial charge is 0.497 e. The van der Waals surface area contributed by atoms with Crippen LogP contribution in [-0.4, -0.2) is 18.9 Å². The summed E-state index contributed by atoms with van der Waals surface area (Å²) in [4.78, 5) is 27.9. The molecule has 0 atom stereocenters. The molecule has 0 radical (unpaired) electrons. The summed E-state index contributed by atoms with van der Waals surface area (Å²) >= 11 is 6.06. The van der Waals surface area contributed by atoms with Crippen LogP contribution in [0.15, 0.2) is 78.5 Å². The Hall–Kier alpha value is -3.57. The van der Waals surface area contributed by atoms with E-state index in [1.54, 1.807) is 49.6 Å². The van der Waals surface area contributed by atoms with Crippen molar-refractivity contribution in [3.63, 3.8) is 0 Å². The van der Waals surface area contributed by atoms with Crippen molar-refractivity contribution in [2.24, 2.45) is 0 Å². The third-order valence-corrected chi connectivity index (χ3v) is 5.16. The second kappa shape index (κ2) is 8.05. The minimum absolute atomic E-state index is 0.229. The molecule has 3 aromatic rings. The van der Waals surface area contributed by atoms with Crippen LogP contribution in [0.3, 0.4) is 0 Å². The van der Waals surface area contributed by atoms with Crippen LogP contribution in [0.4, 0.5) is 11.4 Å². The molecule has 1 N–H and O–H groups in total. The third kappa shape index (κ3) is 3.55. The predicted molar refractivity (Wildman–Crippen MR) is 119 cm³/mol. The lowest BCUT2D eigenvalue weighted by Gasteiger charge is -2.16. The molecule has 0 spiro atoms. The van der Waals surface area contributed by atoms with E-state index in [2.05, 4.69) is 5.32 Å². The molecule has 0 saturated carbocycles. The standard InChI is InChI=1S/C24H19ClN2O3/c1-15-14-17(25)8-13-20(15)26-22-21(16-6-4-3-5-7-16)23(28)27(24(22)29)18-9-11-19(30-2)12-10-18/h3-14,26H,1-2H3. The zero-order valence-electron chi connectivity index (χ0n) is 16.5. The summed E-state index contributed by atoms with van der Waals surface area (Å²) in [6.07, 6.45) is 0. The van der Waals surface area contributed by atoms with E-state index in [4.69, 9.17) is 16.3 Å². The number of aryl methyl sites for hydroxylation is 1. The fourth-order valence-corrected chi connectivity index (χ4v) is 3.61. The predicted octanol–water partition coefficient (Wildman–Crippen LogP) is 5.05. The fraction of sp³-hybridized carbons (Fsp3) is 0.0833. The van der Waals surface area contributed by atoms with E-state index in [1.807, 2.05) is 37.3 Å². The molecule has 150 valence electrons. The molecule has 0 aliphatic carbocycles. The molecule has 3 aromatic carbocycles. The van der Waals surface area contributed by atoms with Crippen LogP contribution in [0.25, 0.3) is 5.57 Å². The summed E-state index contributed by atoms with van der Waals surface area (Å²) in [7, 11) is 1.56. The highest BCUT2D eigenvalue weighted by atomic mass is 35.5. The van der Waals surface area contributed by atoms with E-state index in [1.165, 1.54) is 4.90 Å². The average Bonchev–Trinajstić information content (AvgIpc) is 3.00. The number of anilines is 2. The number of amides is 2. The number of hydrogen-bond acceptors (Lipinski definition) is 4. The van der Waals surface area contributed by atoms with E-state index in [-0.39, 0.29) is 11.6 Å². The topological polar surface area (TPSA) is 58.6 Å². The number of methoxy groups -OCH3 is 1. The number of nitrogens with zero attached hydrogens (tertiary/aromatic N) is 1. The van der Waals surface area contributed by atoms with Crippen LogP contribution >= 0.6 is 11.6 Å². The summed E-state index contributed by atoms with van der Waals surface area (Å²) in [6.45, 7) is 1.89. The molecule has 2 amide bonds. The number of rotatable bonds is 5. The SMILES string of the molecule is COc1ccc(N2C(=O)C(Nc3ccc(Cl)cc3C)=C(c3ccccc3)C2=O)cc1. The lowest BCUT2D eigenvalue weighted by Crippen LogP contribution is -2.32. The second-order valence-corrected chi connectivity index (χ2v) is 7.28. The number of imide groups is 1. The van der Waals surface area contributed by atoms with Gasteiger partial charge in [-0.15, -0.1) is 0 Å². The Morgan fingerprint density at radius 1 is 0.900 bits per heavy atom. The van der Waals surface area contributed by atoms with Gasteiger partial charge in [0.25, 0.3) is 11.8 Å². The Morgan fingerprint density at radius 2 is 1.60 bits per heavy atom. The fourth-order valence-electron chi connectivity index (χ4n) is 3.39. The van der Waals surface area contributed by atoms with Gasteiger partial charge in [0.15, 0.2) is 0 Å². The lowest BCUT2D eigenvalue weighted by molar-refractivity contribution is -0.120. The van der Waals surface area contributed by atoms with Gasteiger partial charge in [-0.2, -0.15) is 0 Å². The van der Waals surface area contributed by atoms with Gasteiger partial charge in [-0.05, 0) is 60.5 Å². The molecule has 1 aliphatic rings. The van der Waals surface area contributed by atoms with Gasteiger partial charge in [-0.25, -0.2) is 4.90 Å². The second-order valence-electron chi connectivity index (χ2n) is 6.84. The number of carbonyl (C=O) groups is 2. The van der Waals surface area contributed by atoms with Crippen molar-refractivity contribution in [3.05, 3.63) is 94.6 Å². The van der Waals surface area contributed by atoms with Gasteiger partial charge in [0, 0.05) is 10.7 Å². The number of benzene rings is 3. The summed E-state index contributed by atoms with van der Waals surface area (Å²) in [5, 5.41) is 3.77. The first-order valence-electron chi connectivity index (χ1n) is 9.35. The van der Waals surface area contributed by atoms with E-state index < -0.39 is 5.91 Å². The lowest BCUT2D eigenvalue weighted by atomic mass is 10.0. The number of hydrogen-bond donors (Lipinski definition) is 1. The van der Waals surface area contributed by atoms with Crippen molar-refractivity contribution in [1.82, 2.24) is 0 Å². The zero-order valence-corrected chi connectivity index (χ0v) is 17.2. The Balaban J connectivity index is 1.80. The maximum Gasteiger partial charge on any atom is 0.282 e. The van der Waals surface area contributed by atoms with Gasteiger partial charge in [-0.3, -0.25) is 9.59 Å². The third-order valence-electron chi connectivity index (χ3n) is 4.93. The number of ether oxygens (including phenoxy) is 1. The zero-order chi connectivity index (χ0) is 21.3. The minimum Gasteiger partial charge on any atom is -0.497 e. The molecule has 1 aliphatic heterocycles. The number of halogens is 1. The van der Waals surface area contributed by atoms with Crippen LogP contribution in [0.1, 0.15) is 11.1 Å². The quantitative estimate of drug-likeness (QED) is 0.589. The first kappa shape index (κ1) is 19.7. The van der Waals surface area contributed by atoms with E-state index in [0.717, 1.165) is 5.56 Å². The molecule has 30 heavy (non-hydrogen) atoms. The van der Waals surface area contributed by atoms with Gasteiger partial charge in [0.2, 0.25) is 0 Å². The van der Waals surface area contributed by atoms with Gasteiger partial charge in [-0.1, -0.05) is 41.9 Å². The first-order chi connectivity index (χ1) is 14.5. The highest BCUT2D eigenvalue weighted by Gasteiger charge is 2.40. The van der Waals surface area contributed by atoms with Gasteiger partial charge >= 0.3 is 0 Å². The maximum absolute atomic E-state index is 13.4. The highest BCUT2D eigenvalue weighted by molar-refractivity contribution is 6.46. The molecule has 0 bridgehead atoms. The summed E-state index contributed by atoms with van der Waals surface area (Å²) in [5.74, 6) is -0.159. The maximum atomic E-state index is 13.4. The molecular weight excluding hydrogens is 400 g/mol. The molecule has 0 aromatic heterocycles. The normalized spacial score (nSPS) is 13.8. The van der Waals surface area contributed by atoms with E-state index in [0.29, 0.717) is 33.3 Å². The van der Waals surface area contributed by atoms with Crippen molar-refractivity contribution in [3.8, 4) is 5.75 Å². The van der Waals surface area contributed by atoms with Gasteiger partial charge < -0.3 is 10.1 Å². The molecule has 5 nitrogen and oxygen atoms in total. The molecule has 0 fully saturated rings. The number of carbonyl (C=O) groups excluding carboxylic acids is 2. The Bertz CT molecular complexity index is 1150. The highest BCUT2D eigenvalue weighted by Crippen LogP contribution is 2.35. The Labute approximate surface area is 179 Å². The monoisotopic (exact) mass is 418 g/mol. The van der Waals surface area contributed by atoms with Crippen LogP contribution in [-0.2, 0) is 9.59 Å². The molecule has 6 heteroatoms. The molecular formula is C24H19ClN2O3. The Morgan fingerprint density at radius 3 is 2.23 bits per heavy atom. The summed E-state index contributed by atoms with van der Waals surface area (Å²) in [6, 6.07) is 21.3. The minimum atomic E-state index is -0.418. The van der Waals surface area contributed by atoms with Crippen LogP contribution in [0, 0.1) is 6.92 Å². The molecule has 1 heterocycles. The summed E-state index contributed by atoms with van der Waals surface area (Å²) in [5.41, 5.74) is 3.27. The van der Waals surface area contributed by atoms with Crippen LogP contribution in [0.2, 0.25) is 5.02 Å². The van der Waals surface area contributed by atoms with E-state index >= 15 is 0 Å². The van der Waals surface area contributed by atoms with Crippen molar-refractivity contribution in [2.75, 3.05) is 17.3 Å². The first-order valence-corrected chi connectivity index (χ1v) is 9.73. The van der Waals surface area contributed by atoms with Crippen molar-refractivity contribution in [1.29, 1.82) is 0 Å². The van der Waals surface area contributed by atoms with Crippen molar-refractivity contribution in [2.45, 2.75) is 6.92 Å². The van der Waals surface area contributed by atoms with Crippen LogP contribution in [0.5, 0.6) is 5.75 Å². The summed E-state index contributed by atoms with van der Waals surface area (Å²) < 4.78 is 5.18. The molecule has 4 rings (SSSR count). The molecule has 0 unspecified atom stereocenters. The van der Waals surface area contributed by atoms with Crippen molar-refractivity contribution >= 4 is 40.4 Å². The van der Waals surface area contributed by atoms with Crippen molar-refractivity contribution < 1.29 is 14.3 Å². The average molecular weight is 419 g/mol. The smallest absolute Gasteiger partial charge is 0.282 e. The van der Waals surface area contributed by atoms with Gasteiger partial charge in [0.05, 0.1) is 18.4 Å². The van der Waals surface area contributed by atoms with Crippen LogP contribution < -0.4 is 15.0 Å². The van der Waals surface area contributed by atoms with E-state index in [9.17, 15) is 9.59 Å².